The van der Waals surface area contributed by atoms with Crippen LogP contribution in [0.3, 0.4) is 0 Å². The van der Waals surface area contributed by atoms with Crippen LogP contribution in [0.2, 0.25) is 0 Å². The number of fused-ring (bicyclic) bond motifs is 1. The molecule has 0 spiro atoms. The van der Waals surface area contributed by atoms with E-state index >= 15 is 0 Å². The number of carbonyl (C=O) groups excluding carboxylic acids is 1. The molecule has 1 aromatic heterocycles. The van der Waals surface area contributed by atoms with Crippen molar-refractivity contribution < 1.29 is 18.0 Å². The van der Waals surface area contributed by atoms with Crippen LogP contribution in [0.4, 0.5) is 13.2 Å². The summed E-state index contributed by atoms with van der Waals surface area (Å²) in [7, 11) is 0. The van der Waals surface area contributed by atoms with Crippen LogP contribution in [-0.2, 0) is 12.8 Å². The highest BCUT2D eigenvalue weighted by atomic mass is 19.4. The van der Waals surface area contributed by atoms with Crippen molar-refractivity contribution in [3.8, 4) is 0 Å². The zero-order valence-electron chi connectivity index (χ0n) is 10.9. The second-order valence-corrected chi connectivity index (χ2v) is 5.57. The molecule has 1 heterocycles. The van der Waals surface area contributed by atoms with E-state index in [1.165, 1.54) is 0 Å². The number of aryl methyl sites for hydroxylation is 1. The van der Waals surface area contributed by atoms with Gasteiger partial charge in [0.2, 0.25) is 0 Å². The number of rotatable bonds is 3. The summed E-state index contributed by atoms with van der Waals surface area (Å²) >= 11 is 0. The van der Waals surface area contributed by atoms with Gasteiger partial charge in [0.15, 0.2) is 5.69 Å². The van der Waals surface area contributed by atoms with E-state index in [-0.39, 0.29) is 5.69 Å². The Balaban J connectivity index is 1.77. The molecule has 1 amide bonds. The summed E-state index contributed by atoms with van der Waals surface area (Å²) in [5, 5.41) is 8.81. The van der Waals surface area contributed by atoms with Crippen LogP contribution in [-0.4, -0.2) is 28.3 Å². The number of alkyl halides is 3. The summed E-state index contributed by atoms with van der Waals surface area (Å²) in [5.41, 5.74) is 1.80. The highest BCUT2D eigenvalue weighted by Crippen LogP contribution is 2.40. The van der Waals surface area contributed by atoms with Crippen LogP contribution in [0, 0.1) is 5.92 Å². The average Bonchev–Trinajstić information content (AvgIpc) is 3.12. The van der Waals surface area contributed by atoms with E-state index in [2.05, 4.69) is 15.5 Å². The molecule has 0 bridgehead atoms. The summed E-state index contributed by atoms with van der Waals surface area (Å²) < 4.78 is 38.7. The third kappa shape index (κ3) is 2.53. The molecule has 4 nitrogen and oxygen atoms in total. The van der Waals surface area contributed by atoms with E-state index < -0.39 is 24.0 Å². The maximum absolute atomic E-state index is 12.9. The van der Waals surface area contributed by atoms with Gasteiger partial charge in [-0.1, -0.05) is 0 Å². The molecule has 0 saturated heterocycles. The number of hydrogen-bond donors (Lipinski definition) is 2. The van der Waals surface area contributed by atoms with Crippen molar-refractivity contribution >= 4 is 5.91 Å². The molecule has 2 aliphatic rings. The quantitative estimate of drug-likeness (QED) is 0.896. The summed E-state index contributed by atoms with van der Waals surface area (Å²) in [6.45, 7) is 0. The van der Waals surface area contributed by atoms with E-state index in [1.807, 2.05) is 0 Å². The number of halogens is 3. The second-order valence-electron chi connectivity index (χ2n) is 5.57. The number of amides is 1. The molecule has 1 aromatic rings. The van der Waals surface area contributed by atoms with Gasteiger partial charge in [0.1, 0.15) is 6.04 Å². The Morgan fingerprint density at radius 1 is 1.30 bits per heavy atom. The van der Waals surface area contributed by atoms with Gasteiger partial charge < -0.3 is 5.32 Å². The fourth-order valence-electron chi connectivity index (χ4n) is 2.77. The summed E-state index contributed by atoms with van der Waals surface area (Å²) in [4.78, 5) is 12.1. The van der Waals surface area contributed by atoms with E-state index in [0.29, 0.717) is 19.3 Å². The molecule has 110 valence electrons. The fourth-order valence-corrected chi connectivity index (χ4v) is 2.77. The number of nitrogens with zero attached hydrogens (tertiary/aromatic N) is 1. The molecule has 0 radical (unpaired) electrons. The van der Waals surface area contributed by atoms with Gasteiger partial charge in [0.05, 0.1) is 0 Å². The van der Waals surface area contributed by atoms with Crippen molar-refractivity contribution in [3.05, 3.63) is 17.0 Å². The normalized spacial score (nSPS) is 20.4. The first-order chi connectivity index (χ1) is 9.47. The number of aromatic amines is 1. The number of carbonyl (C=O) groups is 1. The Morgan fingerprint density at radius 3 is 2.65 bits per heavy atom. The van der Waals surface area contributed by atoms with Crippen molar-refractivity contribution in [1.29, 1.82) is 0 Å². The van der Waals surface area contributed by atoms with Crippen LogP contribution >= 0.6 is 0 Å². The minimum absolute atomic E-state index is 0.134. The Bertz CT molecular complexity index is 519. The lowest BCUT2D eigenvalue weighted by Gasteiger charge is -2.21. The van der Waals surface area contributed by atoms with Gasteiger partial charge in [-0.25, -0.2) is 0 Å². The summed E-state index contributed by atoms with van der Waals surface area (Å²) in [6, 6.07) is -1.74. The molecule has 0 aromatic carbocycles. The molecule has 0 aliphatic heterocycles. The van der Waals surface area contributed by atoms with Crippen LogP contribution in [0.15, 0.2) is 0 Å². The molecule has 1 atom stereocenters. The largest absolute Gasteiger partial charge is 0.408 e. The molecule has 1 unspecified atom stereocenters. The van der Waals surface area contributed by atoms with E-state index in [0.717, 1.165) is 30.5 Å². The molecule has 3 rings (SSSR count). The summed E-state index contributed by atoms with van der Waals surface area (Å²) in [5.74, 6) is -1.19. The van der Waals surface area contributed by atoms with Crippen LogP contribution in [0.25, 0.3) is 0 Å². The highest BCUT2D eigenvalue weighted by Gasteiger charge is 2.50. The molecule has 1 saturated carbocycles. The van der Waals surface area contributed by atoms with Gasteiger partial charge in [-0.3, -0.25) is 9.89 Å². The minimum Gasteiger partial charge on any atom is -0.339 e. The lowest BCUT2D eigenvalue weighted by Crippen LogP contribution is -2.47. The van der Waals surface area contributed by atoms with Crippen LogP contribution in [0.5, 0.6) is 0 Å². The van der Waals surface area contributed by atoms with Crippen LogP contribution < -0.4 is 5.32 Å². The van der Waals surface area contributed by atoms with Gasteiger partial charge >= 0.3 is 6.18 Å². The van der Waals surface area contributed by atoms with Crippen LogP contribution in [0.1, 0.15) is 47.4 Å². The van der Waals surface area contributed by atoms with Crippen molar-refractivity contribution in [2.75, 3.05) is 0 Å². The number of hydrogen-bond acceptors (Lipinski definition) is 2. The second kappa shape index (κ2) is 4.79. The first-order valence-electron chi connectivity index (χ1n) is 6.90. The van der Waals surface area contributed by atoms with Gasteiger partial charge in [-0.15, -0.1) is 0 Å². The van der Waals surface area contributed by atoms with Gasteiger partial charge in [-0.2, -0.15) is 18.3 Å². The summed E-state index contributed by atoms with van der Waals surface area (Å²) in [6.07, 6.45) is 0.108. The van der Waals surface area contributed by atoms with E-state index in [4.69, 9.17) is 0 Å². The predicted molar refractivity (Wildman–Crippen MR) is 65.3 cm³/mol. The Labute approximate surface area is 114 Å². The number of aromatic nitrogens is 2. The number of nitrogens with one attached hydrogen (secondary N) is 2. The molecule has 1 fully saturated rings. The molecule has 7 heteroatoms. The van der Waals surface area contributed by atoms with Gasteiger partial charge in [0, 0.05) is 11.3 Å². The van der Waals surface area contributed by atoms with Gasteiger partial charge in [-0.05, 0) is 44.4 Å². The van der Waals surface area contributed by atoms with Crippen molar-refractivity contribution in [3.63, 3.8) is 0 Å². The minimum atomic E-state index is -4.40. The Kier molecular flexibility index (Phi) is 3.22. The molecular weight excluding hydrogens is 271 g/mol. The highest BCUT2D eigenvalue weighted by molar-refractivity contribution is 5.94. The fraction of sp³-hybridized carbons (Fsp3) is 0.692. The standard InChI is InChI=1S/C13H16F3N3O/c14-13(15,16)11(7-5-6-7)17-12(20)10-8-3-1-2-4-9(8)18-19-10/h7,11H,1-6H2,(H,17,20)(H,18,19). The molecular formula is C13H16F3N3O. The molecule has 2 N–H and O–H groups in total. The van der Waals surface area contributed by atoms with E-state index in [9.17, 15) is 18.0 Å². The lowest BCUT2D eigenvalue weighted by molar-refractivity contribution is -0.158. The predicted octanol–water partition coefficient (Wildman–Crippen LogP) is 2.36. The SMILES string of the molecule is O=C(NC(C1CC1)C(F)(F)F)c1n[nH]c2c1CCCC2. The molecule has 20 heavy (non-hydrogen) atoms. The zero-order chi connectivity index (χ0) is 14.3. The first kappa shape index (κ1) is 13.5. The third-order valence-corrected chi connectivity index (χ3v) is 4.00. The van der Waals surface area contributed by atoms with Crippen molar-refractivity contribution in [2.24, 2.45) is 5.92 Å². The van der Waals surface area contributed by atoms with Crippen molar-refractivity contribution in [1.82, 2.24) is 15.5 Å². The maximum atomic E-state index is 12.9. The average molecular weight is 287 g/mol. The third-order valence-electron chi connectivity index (χ3n) is 4.00. The zero-order valence-corrected chi connectivity index (χ0v) is 10.9. The van der Waals surface area contributed by atoms with Crippen molar-refractivity contribution in [2.45, 2.75) is 50.7 Å². The Morgan fingerprint density at radius 2 is 2.00 bits per heavy atom. The van der Waals surface area contributed by atoms with E-state index in [1.54, 1.807) is 0 Å². The maximum Gasteiger partial charge on any atom is 0.408 e. The topological polar surface area (TPSA) is 57.8 Å². The molecule has 2 aliphatic carbocycles. The van der Waals surface area contributed by atoms with Gasteiger partial charge in [0.25, 0.3) is 5.91 Å². The smallest absolute Gasteiger partial charge is 0.339 e. The monoisotopic (exact) mass is 287 g/mol. The number of H-pyrrole nitrogens is 1. The lowest BCUT2D eigenvalue weighted by atomic mass is 9.95. The first-order valence-corrected chi connectivity index (χ1v) is 6.90. The Hall–Kier alpha value is -1.53.